The van der Waals surface area contributed by atoms with E-state index in [1.165, 1.54) is 9.87 Å². The second-order valence-electron chi connectivity index (χ2n) is 7.71. The second kappa shape index (κ2) is 8.44. The van der Waals surface area contributed by atoms with Gasteiger partial charge in [-0.1, -0.05) is 53.6 Å². The molecule has 0 spiro atoms. The summed E-state index contributed by atoms with van der Waals surface area (Å²) in [4.78, 5) is 12.3. The number of nitrogens with zero attached hydrogens (tertiary/aromatic N) is 4. The van der Waals surface area contributed by atoms with Crippen LogP contribution in [-0.2, 0) is 10.0 Å². The van der Waals surface area contributed by atoms with Gasteiger partial charge in [0.1, 0.15) is 21.9 Å². The molecule has 1 fully saturated rings. The first kappa shape index (κ1) is 21.3. The quantitative estimate of drug-likeness (QED) is 0.415. The molecule has 2 aromatic heterocycles. The third-order valence-corrected chi connectivity index (χ3v) is 8.99. The van der Waals surface area contributed by atoms with E-state index in [2.05, 4.69) is 51.4 Å². The summed E-state index contributed by atoms with van der Waals surface area (Å²) in [6, 6.07) is 15.0. The maximum atomic E-state index is 13.1. The van der Waals surface area contributed by atoms with Gasteiger partial charge >= 0.3 is 0 Å². The van der Waals surface area contributed by atoms with Gasteiger partial charge in [0, 0.05) is 37.1 Å². The molecule has 5 rings (SSSR count). The van der Waals surface area contributed by atoms with Gasteiger partial charge in [-0.2, -0.15) is 4.31 Å². The van der Waals surface area contributed by atoms with E-state index < -0.39 is 10.0 Å². The highest BCUT2D eigenvalue weighted by Crippen LogP contribution is 2.38. The molecule has 1 aliphatic rings. The average Bonchev–Trinajstić information content (AvgIpc) is 3.24. The zero-order valence-electron chi connectivity index (χ0n) is 17.4. The van der Waals surface area contributed by atoms with Crippen molar-refractivity contribution in [1.82, 2.24) is 14.3 Å². The predicted octanol–water partition coefficient (Wildman–Crippen LogP) is 4.83. The van der Waals surface area contributed by atoms with Crippen LogP contribution in [0.15, 0.2) is 65.1 Å². The van der Waals surface area contributed by atoms with Gasteiger partial charge in [0.15, 0.2) is 0 Å². The lowest BCUT2D eigenvalue weighted by molar-refractivity contribution is 0.384. The van der Waals surface area contributed by atoms with Crippen LogP contribution >= 0.6 is 22.9 Å². The Labute approximate surface area is 196 Å². The first-order valence-corrected chi connectivity index (χ1v) is 12.9. The minimum atomic E-state index is -3.64. The molecule has 0 atom stereocenters. The second-order valence-corrected chi connectivity index (χ2v) is 10.9. The number of rotatable bonds is 4. The standard InChI is InChI=1S/C23H21ClN4O2S2/c1-16-6-8-17(9-7-16)18-14-31-23-21(18)22(25-15-26-23)27-10-12-28(13-11-27)32(29,30)20-5-3-2-4-19(20)24/h2-9,14-15H,10-13H2,1H3. The van der Waals surface area contributed by atoms with Crippen molar-refractivity contribution in [3.05, 3.63) is 70.8 Å². The van der Waals surface area contributed by atoms with Crippen molar-refractivity contribution in [3.63, 3.8) is 0 Å². The van der Waals surface area contributed by atoms with E-state index in [1.54, 1.807) is 41.9 Å². The summed E-state index contributed by atoms with van der Waals surface area (Å²) < 4.78 is 27.7. The Morgan fingerprint density at radius 3 is 2.41 bits per heavy atom. The molecular weight excluding hydrogens is 464 g/mol. The van der Waals surface area contributed by atoms with Crippen molar-refractivity contribution in [2.24, 2.45) is 0 Å². The van der Waals surface area contributed by atoms with E-state index in [0.29, 0.717) is 26.2 Å². The van der Waals surface area contributed by atoms with E-state index in [1.807, 2.05) is 0 Å². The number of anilines is 1. The van der Waals surface area contributed by atoms with Crippen LogP contribution in [0.2, 0.25) is 5.02 Å². The van der Waals surface area contributed by atoms with Gasteiger partial charge in [0.2, 0.25) is 10.0 Å². The molecule has 1 aliphatic heterocycles. The molecule has 4 aromatic rings. The summed E-state index contributed by atoms with van der Waals surface area (Å²) in [6.07, 6.45) is 1.58. The average molecular weight is 485 g/mol. The number of aromatic nitrogens is 2. The lowest BCUT2D eigenvalue weighted by Crippen LogP contribution is -2.49. The first-order valence-electron chi connectivity index (χ1n) is 10.2. The summed E-state index contributed by atoms with van der Waals surface area (Å²) in [5.41, 5.74) is 3.44. The molecule has 1 saturated heterocycles. The number of halogens is 1. The molecule has 0 radical (unpaired) electrons. The van der Waals surface area contributed by atoms with Crippen LogP contribution in [0.3, 0.4) is 0 Å². The monoisotopic (exact) mass is 484 g/mol. The Balaban J connectivity index is 1.44. The SMILES string of the molecule is Cc1ccc(-c2csc3ncnc(N4CCN(S(=O)(=O)c5ccccc5Cl)CC4)c23)cc1. The van der Waals surface area contributed by atoms with Gasteiger partial charge in [-0.25, -0.2) is 18.4 Å². The minimum Gasteiger partial charge on any atom is -0.353 e. The number of aryl methyl sites for hydroxylation is 1. The number of sulfonamides is 1. The van der Waals surface area contributed by atoms with Gasteiger partial charge in [-0.15, -0.1) is 11.3 Å². The Bertz CT molecular complexity index is 1380. The molecule has 0 aliphatic carbocycles. The highest BCUT2D eigenvalue weighted by molar-refractivity contribution is 7.89. The van der Waals surface area contributed by atoms with Gasteiger partial charge in [-0.05, 0) is 24.6 Å². The largest absolute Gasteiger partial charge is 0.353 e. The van der Waals surface area contributed by atoms with E-state index in [0.717, 1.165) is 27.2 Å². The normalized spacial score (nSPS) is 15.4. The molecule has 6 nitrogen and oxygen atoms in total. The van der Waals surface area contributed by atoms with Gasteiger partial charge < -0.3 is 4.90 Å². The topological polar surface area (TPSA) is 66.4 Å². The molecule has 32 heavy (non-hydrogen) atoms. The Morgan fingerprint density at radius 2 is 1.69 bits per heavy atom. The van der Waals surface area contributed by atoms with Crippen LogP contribution < -0.4 is 4.90 Å². The zero-order valence-corrected chi connectivity index (χ0v) is 19.8. The molecule has 3 heterocycles. The number of hydrogen-bond acceptors (Lipinski definition) is 6. The van der Waals surface area contributed by atoms with Crippen molar-refractivity contribution in [3.8, 4) is 11.1 Å². The number of benzene rings is 2. The van der Waals surface area contributed by atoms with E-state index in [-0.39, 0.29) is 9.92 Å². The third kappa shape index (κ3) is 3.77. The summed E-state index contributed by atoms with van der Waals surface area (Å²) in [5, 5.41) is 3.38. The molecule has 0 amide bonds. The van der Waals surface area contributed by atoms with Crippen molar-refractivity contribution in [2.45, 2.75) is 11.8 Å². The zero-order chi connectivity index (χ0) is 22.3. The summed E-state index contributed by atoms with van der Waals surface area (Å²) >= 11 is 7.75. The number of hydrogen-bond donors (Lipinski definition) is 0. The van der Waals surface area contributed by atoms with Crippen molar-refractivity contribution in [2.75, 3.05) is 31.1 Å². The number of fused-ring (bicyclic) bond motifs is 1. The van der Waals surface area contributed by atoms with Gasteiger partial charge in [0.25, 0.3) is 0 Å². The van der Waals surface area contributed by atoms with E-state index in [9.17, 15) is 8.42 Å². The van der Waals surface area contributed by atoms with E-state index >= 15 is 0 Å². The lowest BCUT2D eigenvalue weighted by atomic mass is 10.0. The first-order chi connectivity index (χ1) is 15.4. The molecule has 0 N–H and O–H groups in total. The van der Waals surface area contributed by atoms with Gasteiger partial charge in [-0.3, -0.25) is 0 Å². The minimum absolute atomic E-state index is 0.152. The van der Waals surface area contributed by atoms with Crippen LogP contribution in [0.5, 0.6) is 0 Å². The van der Waals surface area contributed by atoms with Crippen molar-refractivity contribution < 1.29 is 8.42 Å². The van der Waals surface area contributed by atoms with Crippen LogP contribution in [0.25, 0.3) is 21.3 Å². The maximum Gasteiger partial charge on any atom is 0.244 e. The Morgan fingerprint density at radius 1 is 0.969 bits per heavy atom. The Hall–Kier alpha value is -2.52. The Kier molecular flexibility index (Phi) is 5.63. The predicted molar refractivity (Wildman–Crippen MR) is 130 cm³/mol. The third-order valence-electron chi connectivity index (χ3n) is 5.71. The molecule has 0 bridgehead atoms. The van der Waals surface area contributed by atoms with Crippen LogP contribution in [-0.4, -0.2) is 48.9 Å². The van der Waals surface area contributed by atoms with Gasteiger partial charge in [0.05, 0.1) is 10.4 Å². The molecule has 9 heteroatoms. The fourth-order valence-electron chi connectivity index (χ4n) is 3.98. The highest BCUT2D eigenvalue weighted by atomic mass is 35.5. The number of thiophene rings is 1. The van der Waals surface area contributed by atoms with Crippen molar-refractivity contribution >= 4 is 49.0 Å². The molecule has 0 saturated carbocycles. The summed E-state index contributed by atoms with van der Waals surface area (Å²) in [5.74, 6) is 0.849. The fraction of sp³-hybridized carbons (Fsp3) is 0.217. The summed E-state index contributed by atoms with van der Waals surface area (Å²) in [7, 11) is -3.64. The number of piperazine rings is 1. The van der Waals surface area contributed by atoms with Crippen LogP contribution in [0, 0.1) is 6.92 Å². The molecular formula is C23H21ClN4O2S2. The summed E-state index contributed by atoms with van der Waals surface area (Å²) in [6.45, 7) is 3.88. The molecule has 2 aromatic carbocycles. The van der Waals surface area contributed by atoms with Crippen LogP contribution in [0.1, 0.15) is 5.56 Å². The highest BCUT2D eigenvalue weighted by Gasteiger charge is 2.31. The maximum absolute atomic E-state index is 13.1. The fourth-order valence-corrected chi connectivity index (χ4v) is 6.80. The molecule has 0 unspecified atom stereocenters. The van der Waals surface area contributed by atoms with Crippen LogP contribution in [0.4, 0.5) is 5.82 Å². The van der Waals surface area contributed by atoms with Crippen molar-refractivity contribution in [1.29, 1.82) is 0 Å². The lowest BCUT2D eigenvalue weighted by Gasteiger charge is -2.35. The molecule has 164 valence electrons. The van der Waals surface area contributed by atoms with E-state index in [4.69, 9.17) is 11.6 Å². The smallest absolute Gasteiger partial charge is 0.244 e.